The van der Waals surface area contributed by atoms with Crippen molar-refractivity contribution in [1.82, 2.24) is 15.2 Å². The first-order valence-electron chi connectivity index (χ1n) is 9.74. The molecule has 7 nitrogen and oxygen atoms in total. The zero-order valence-corrected chi connectivity index (χ0v) is 17.3. The van der Waals surface area contributed by atoms with Crippen LogP contribution < -0.4 is 10.1 Å². The third kappa shape index (κ3) is 4.49. The smallest absolute Gasteiger partial charge is 0.419 e. The third-order valence-corrected chi connectivity index (χ3v) is 5.04. The molecule has 13 heteroatoms. The summed E-state index contributed by atoms with van der Waals surface area (Å²) in [4.78, 5) is 16.6. The number of nitrogens with zero attached hydrogens (tertiary/aromatic N) is 2. The fourth-order valence-corrected chi connectivity index (χ4v) is 3.21. The van der Waals surface area contributed by atoms with E-state index in [0.717, 1.165) is 10.9 Å². The van der Waals surface area contributed by atoms with Crippen LogP contribution in [0.4, 0.5) is 37.8 Å². The molecule has 0 atom stereocenters. The molecule has 0 fully saturated rings. The highest BCUT2D eigenvalue weighted by Gasteiger charge is 2.71. The molecule has 0 unspecified atom stereocenters. The zero-order chi connectivity index (χ0) is 25.4. The Morgan fingerprint density at radius 2 is 1.66 bits per heavy atom. The van der Waals surface area contributed by atoms with E-state index in [-0.39, 0.29) is 17.1 Å². The van der Waals surface area contributed by atoms with Gasteiger partial charge in [-0.05, 0) is 42.5 Å². The van der Waals surface area contributed by atoms with Crippen molar-refractivity contribution < 1.29 is 41.0 Å². The number of aromatic amines is 1. The van der Waals surface area contributed by atoms with Crippen molar-refractivity contribution in [2.24, 2.45) is 0 Å². The second-order valence-corrected chi connectivity index (χ2v) is 7.32. The van der Waals surface area contributed by atoms with Gasteiger partial charge < -0.3 is 15.2 Å². The van der Waals surface area contributed by atoms with Gasteiger partial charge in [-0.15, -0.1) is 0 Å². The van der Waals surface area contributed by atoms with Gasteiger partial charge in [0.15, 0.2) is 11.6 Å². The van der Waals surface area contributed by atoms with E-state index in [1.165, 1.54) is 18.3 Å². The minimum atomic E-state index is -6.04. The number of hydrogen-bond acceptors (Lipinski definition) is 6. The van der Waals surface area contributed by atoms with Crippen LogP contribution in [-0.2, 0) is 5.60 Å². The SMILES string of the molecule is O=C(Oc1cccnc1Nc1ccc2cn[nH]c2c1)c1ccc(C(O)(C(F)(F)F)C(F)(F)F)cc1. The highest BCUT2D eigenvalue weighted by Crippen LogP contribution is 2.50. The molecule has 2 aromatic carbocycles. The molecular weight excluding hydrogens is 482 g/mol. The molecule has 0 aliphatic carbocycles. The van der Waals surface area contributed by atoms with Crippen molar-refractivity contribution in [3.05, 3.63) is 78.1 Å². The molecule has 2 heterocycles. The normalized spacial score (nSPS) is 12.5. The number of hydrogen-bond donors (Lipinski definition) is 3. The predicted molar refractivity (Wildman–Crippen MR) is 111 cm³/mol. The summed E-state index contributed by atoms with van der Waals surface area (Å²) in [7, 11) is 0. The van der Waals surface area contributed by atoms with Gasteiger partial charge in [-0.1, -0.05) is 12.1 Å². The number of esters is 1. The van der Waals surface area contributed by atoms with Crippen LogP contribution in [0.5, 0.6) is 5.75 Å². The van der Waals surface area contributed by atoms with Crippen molar-refractivity contribution in [1.29, 1.82) is 0 Å². The number of fused-ring (bicyclic) bond motifs is 1. The minimum Gasteiger partial charge on any atom is -0.419 e. The second kappa shape index (κ2) is 8.58. The molecule has 0 amide bonds. The van der Waals surface area contributed by atoms with Gasteiger partial charge in [-0.2, -0.15) is 31.4 Å². The monoisotopic (exact) mass is 496 g/mol. The fraction of sp³-hybridized carbons (Fsp3) is 0.136. The average Bonchev–Trinajstić information content (AvgIpc) is 3.26. The third-order valence-electron chi connectivity index (χ3n) is 5.04. The van der Waals surface area contributed by atoms with Crippen LogP contribution in [0.3, 0.4) is 0 Å². The Hall–Kier alpha value is -4.13. The van der Waals surface area contributed by atoms with Crippen LogP contribution in [0, 0.1) is 0 Å². The lowest BCUT2D eigenvalue weighted by atomic mass is 9.91. The summed E-state index contributed by atoms with van der Waals surface area (Å²) < 4.78 is 83.5. The maximum Gasteiger partial charge on any atom is 0.430 e. The summed E-state index contributed by atoms with van der Waals surface area (Å²) in [5, 5.41) is 20.0. The summed E-state index contributed by atoms with van der Waals surface area (Å²) in [5.74, 6) is -0.993. The lowest BCUT2D eigenvalue weighted by Crippen LogP contribution is -2.53. The van der Waals surface area contributed by atoms with Crippen LogP contribution in [0.25, 0.3) is 10.9 Å². The van der Waals surface area contributed by atoms with E-state index < -0.39 is 29.5 Å². The number of rotatable bonds is 5. The lowest BCUT2D eigenvalue weighted by Gasteiger charge is -2.32. The van der Waals surface area contributed by atoms with Crippen LogP contribution >= 0.6 is 0 Å². The van der Waals surface area contributed by atoms with Crippen molar-refractivity contribution >= 4 is 28.4 Å². The number of pyridine rings is 1. The number of carbonyl (C=O) groups excluding carboxylic acids is 1. The molecule has 0 aliphatic heterocycles. The van der Waals surface area contributed by atoms with Gasteiger partial charge in [-0.3, -0.25) is 5.10 Å². The molecule has 35 heavy (non-hydrogen) atoms. The molecule has 0 aliphatic rings. The van der Waals surface area contributed by atoms with Gasteiger partial charge in [-0.25, -0.2) is 9.78 Å². The minimum absolute atomic E-state index is 0.0478. The van der Waals surface area contributed by atoms with E-state index in [2.05, 4.69) is 20.5 Å². The molecule has 0 bridgehead atoms. The molecule has 0 saturated carbocycles. The number of benzene rings is 2. The molecule has 4 rings (SSSR count). The van der Waals surface area contributed by atoms with Gasteiger partial charge in [0.05, 0.1) is 17.3 Å². The van der Waals surface area contributed by atoms with Gasteiger partial charge in [0.25, 0.3) is 5.60 Å². The molecule has 2 aromatic heterocycles. The number of ether oxygens (including phenoxy) is 1. The van der Waals surface area contributed by atoms with Gasteiger partial charge in [0.2, 0.25) is 0 Å². The first-order chi connectivity index (χ1) is 16.4. The molecule has 0 saturated heterocycles. The van der Waals surface area contributed by atoms with Gasteiger partial charge >= 0.3 is 18.3 Å². The van der Waals surface area contributed by atoms with E-state index in [1.807, 2.05) is 0 Å². The Balaban J connectivity index is 1.56. The highest BCUT2D eigenvalue weighted by molar-refractivity contribution is 5.92. The van der Waals surface area contributed by atoms with Crippen molar-refractivity contribution in [3.8, 4) is 5.75 Å². The molecule has 4 aromatic rings. The standard InChI is InChI=1S/C22H14F6N4O3/c23-21(24,25)20(34,22(26,27)28)14-6-3-12(4-7-14)19(33)35-17-2-1-9-29-18(17)31-15-8-5-13-11-30-32-16(13)10-15/h1-11,34H,(H,29,31)(H,30,32). The maximum atomic E-state index is 13.0. The van der Waals surface area contributed by atoms with Gasteiger partial charge in [0, 0.05) is 22.8 Å². The van der Waals surface area contributed by atoms with Crippen LogP contribution in [-0.4, -0.2) is 38.6 Å². The molecule has 182 valence electrons. The number of halogens is 6. The van der Waals surface area contributed by atoms with Crippen molar-refractivity contribution in [2.75, 3.05) is 5.32 Å². The topological polar surface area (TPSA) is 100 Å². The maximum absolute atomic E-state index is 13.0. The average molecular weight is 496 g/mol. The number of alkyl halides is 6. The number of H-pyrrole nitrogens is 1. The molecular formula is C22H14F6N4O3. The summed E-state index contributed by atoms with van der Waals surface area (Å²) in [6.45, 7) is 0. The number of anilines is 2. The van der Waals surface area contributed by atoms with E-state index in [9.17, 15) is 36.2 Å². The second-order valence-electron chi connectivity index (χ2n) is 7.32. The number of nitrogens with one attached hydrogen (secondary N) is 2. The van der Waals surface area contributed by atoms with E-state index in [4.69, 9.17) is 4.74 Å². The Labute approximate surface area is 192 Å². The highest BCUT2D eigenvalue weighted by atomic mass is 19.4. The van der Waals surface area contributed by atoms with E-state index in [0.29, 0.717) is 30.0 Å². The van der Waals surface area contributed by atoms with Gasteiger partial charge in [0.1, 0.15) is 0 Å². The van der Waals surface area contributed by atoms with Crippen molar-refractivity contribution in [2.45, 2.75) is 18.0 Å². The van der Waals surface area contributed by atoms with E-state index in [1.54, 1.807) is 24.4 Å². The largest absolute Gasteiger partial charge is 0.430 e. The summed E-state index contributed by atoms with van der Waals surface area (Å²) in [5.41, 5.74) is -5.65. The Kier molecular flexibility index (Phi) is 5.88. The summed E-state index contributed by atoms with van der Waals surface area (Å²) in [6, 6.07) is 10.2. The number of aliphatic hydroxyl groups is 1. The van der Waals surface area contributed by atoms with E-state index >= 15 is 0 Å². The lowest BCUT2D eigenvalue weighted by molar-refractivity contribution is -0.376. The van der Waals surface area contributed by atoms with Crippen LogP contribution in [0.15, 0.2) is 67.0 Å². The Morgan fingerprint density at radius 1 is 0.971 bits per heavy atom. The van der Waals surface area contributed by atoms with Crippen molar-refractivity contribution in [3.63, 3.8) is 0 Å². The predicted octanol–water partition coefficient (Wildman–Crippen LogP) is 5.23. The fourth-order valence-electron chi connectivity index (χ4n) is 3.21. The molecule has 3 N–H and O–H groups in total. The summed E-state index contributed by atoms with van der Waals surface area (Å²) in [6.07, 6.45) is -9.04. The quantitative estimate of drug-likeness (QED) is 0.258. The molecule has 0 radical (unpaired) electrons. The number of carbonyl (C=O) groups is 1. The first-order valence-corrected chi connectivity index (χ1v) is 9.74. The Bertz CT molecular complexity index is 1350. The first kappa shape index (κ1) is 24.0. The number of aromatic nitrogens is 3. The van der Waals surface area contributed by atoms with Crippen LogP contribution in [0.1, 0.15) is 15.9 Å². The Morgan fingerprint density at radius 3 is 2.31 bits per heavy atom. The van der Waals surface area contributed by atoms with Crippen LogP contribution in [0.2, 0.25) is 0 Å². The zero-order valence-electron chi connectivity index (χ0n) is 17.3. The molecule has 0 spiro atoms. The summed E-state index contributed by atoms with van der Waals surface area (Å²) >= 11 is 0.